The summed E-state index contributed by atoms with van der Waals surface area (Å²) in [6.07, 6.45) is 0. The average molecular weight is 190 g/mol. The molecule has 1 aromatic heterocycles. The molecule has 0 spiro atoms. The van der Waals surface area contributed by atoms with E-state index in [0.29, 0.717) is 12.5 Å². The second-order valence-corrected chi connectivity index (χ2v) is 2.77. The van der Waals surface area contributed by atoms with Crippen molar-refractivity contribution in [1.82, 2.24) is 20.2 Å². The number of hydrogen-bond donors (Lipinski definition) is 2. The first-order valence-corrected chi connectivity index (χ1v) is 4.17. The molecule has 0 fully saturated rings. The van der Waals surface area contributed by atoms with Crippen molar-refractivity contribution in [3.05, 3.63) is 35.9 Å². The van der Waals surface area contributed by atoms with Gasteiger partial charge in [-0.3, -0.25) is 5.43 Å². The number of aromatic nitrogens is 4. The molecule has 0 atom stereocenters. The Hall–Kier alpha value is -1.95. The molecule has 0 unspecified atom stereocenters. The number of hydrazine groups is 1. The summed E-state index contributed by atoms with van der Waals surface area (Å²) in [5, 5.41) is 11.5. The second kappa shape index (κ2) is 3.84. The monoisotopic (exact) mass is 190 g/mol. The van der Waals surface area contributed by atoms with Crippen molar-refractivity contribution < 1.29 is 0 Å². The number of anilines is 1. The van der Waals surface area contributed by atoms with E-state index in [1.165, 1.54) is 4.80 Å². The lowest BCUT2D eigenvalue weighted by Crippen LogP contribution is -2.09. The Balaban J connectivity index is 2.11. The first-order chi connectivity index (χ1) is 6.88. The van der Waals surface area contributed by atoms with Gasteiger partial charge in [-0.1, -0.05) is 35.4 Å². The van der Waals surface area contributed by atoms with Crippen molar-refractivity contribution in [2.24, 2.45) is 5.84 Å². The molecule has 6 heteroatoms. The van der Waals surface area contributed by atoms with E-state index in [2.05, 4.69) is 20.8 Å². The van der Waals surface area contributed by atoms with Crippen molar-refractivity contribution >= 4 is 5.95 Å². The fourth-order valence-electron chi connectivity index (χ4n) is 1.11. The highest BCUT2D eigenvalue weighted by Gasteiger charge is 2.00. The number of nitrogens with one attached hydrogen (secondary N) is 1. The number of hydrogen-bond acceptors (Lipinski definition) is 5. The summed E-state index contributed by atoms with van der Waals surface area (Å²) in [7, 11) is 0. The lowest BCUT2D eigenvalue weighted by molar-refractivity contribution is 0.573. The minimum absolute atomic E-state index is 0.320. The van der Waals surface area contributed by atoms with Crippen LogP contribution in [0.3, 0.4) is 0 Å². The van der Waals surface area contributed by atoms with Gasteiger partial charge in [0.1, 0.15) is 0 Å². The summed E-state index contributed by atoms with van der Waals surface area (Å²) in [5.41, 5.74) is 3.45. The van der Waals surface area contributed by atoms with E-state index in [9.17, 15) is 0 Å². The third kappa shape index (κ3) is 1.86. The maximum atomic E-state index is 5.13. The van der Waals surface area contributed by atoms with Gasteiger partial charge in [-0.15, -0.1) is 5.10 Å². The molecule has 0 aliphatic heterocycles. The van der Waals surface area contributed by atoms with E-state index < -0.39 is 0 Å². The van der Waals surface area contributed by atoms with Gasteiger partial charge in [0.15, 0.2) is 0 Å². The highest BCUT2D eigenvalue weighted by Crippen LogP contribution is 2.00. The molecule has 1 aromatic carbocycles. The first-order valence-electron chi connectivity index (χ1n) is 4.17. The van der Waals surface area contributed by atoms with Gasteiger partial charge >= 0.3 is 0 Å². The van der Waals surface area contributed by atoms with Crippen molar-refractivity contribution in [3.8, 4) is 0 Å². The Bertz CT molecular complexity index is 395. The maximum absolute atomic E-state index is 5.13. The summed E-state index contributed by atoms with van der Waals surface area (Å²) in [6.45, 7) is 0.593. The zero-order valence-electron chi connectivity index (χ0n) is 7.46. The van der Waals surface area contributed by atoms with Crippen LogP contribution >= 0.6 is 0 Å². The van der Waals surface area contributed by atoms with Crippen LogP contribution in [0.1, 0.15) is 5.56 Å². The molecule has 0 radical (unpaired) electrons. The summed E-state index contributed by atoms with van der Waals surface area (Å²) in [6, 6.07) is 9.89. The molecule has 0 amide bonds. The predicted octanol–water partition coefficient (Wildman–Crippen LogP) is 0.00700. The molecular formula is C8H10N6. The lowest BCUT2D eigenvalue weighted by Gasteiger charge is -1.97. The smallest absolute Gasteiger partial charge is 0.277 e. The molecule has 2 rings (SSSR count). The molecule has 2 aromatic rings. The summed E-state index contributed by atoms with van der Waals surface area (Å²) < 4.78 is 0. The predicted molar refractivity (Wildman–Crippen MR) is 51.2 cm³/mol. The van der Waals surface area contributed by atoms with Gasteiger partial charge in [0, 0.05) is 0 Å². The zero-order valence-corrected chi connectivity index (χ0v) is 7.46. The van der Waals surface area contributed by atoms with Crippen LogP contribution in [0.5, 0.6) is 0 Å². The molecule has 3 N–H and O–H groups in total. The highest BCUT2D eigenvalue weighted by atomic mass is 15.6. The van der Waals surface area contributed by atoms with Crippen LogP contribution in [-0.4, -0.2) is 20.2 Å². The standard InChI is InChI=1S/C8H10N6/c9-10-8-11-13-14(12-8)6-7-4-2-1-3-5-7/h1-5H,6,9H2,(H,10,12). The van der Waals surface area contributed by atoms with Gasteiger partial charge in [0.2, 0.25) is 0 Å². The van der Waals surface area contributed by atoms with Crippen molar-refractivity contribution in [2.45, 2.75) is 6.54 Å². The lowest BCUT2D eigenvalue weighted by atomic mass is 10.2. The molecule has 0 aliphatic rings. The zero-order chi connectivity index (χ0) is 9.80. The molecule has 0 bridgehead atoms. The Labute approximate surface area is 80.7 Å². The van der Waals surface area contributed by atoms with Gasteiger partial charge in [-0.2, -0.15) is 4.80 Å². The minimum Gasteiger partial charge on any atom is -0.290 e. The maximum Gasteiger partial charge on any atom is 0.277 e. The van der Waals surface area contributed by atoms with Crippen LogP contribution < -0.4 is 11.3 Å². The number of nitrogens with zero attached hydrogens (tertiary/aromatic N) is 4. The van der Waals surface area contributed by atoms with Gasteiger partial charge in [-0.25, -0.2) is 5.84 Å². The molecule has 0 aliphatic carbocycles. The Morgan fingerprint density at radius 2 is 2.07 bits per heavy atom. The molecule has 6 nitrogen and oxygen atoms in total. The van der Waals surface area contributed by atoms with Crippen LogP contribution in [-0.2, 0) is 6.54 Å². The highest BCUT2D eigenvalue weighted by molar-refractivity contribution is 5.17. The van der Waals surface area contributed by atoms with Crippen LogP contribution in [0.15, 0.2) is 30.3 Å². The SMILES string of the molecule is NNc1nnn(Cc2ccccc2)n1. The number of tetrazole rings is 1. The third-order valence-corrected chi connectivity index (χ3v) is 1.75. The fourth-order valence-corrected chi connectivity index (χ4v) is 1.11. The Kier molecular flexibility index (Phi) is 2.37. The summed E-state index contributed by atoms with van der Waals surface area (Å²) in [5.74, 6) is 5.45. The number of benzene rings is 1. The summed E-state index contributed by atoms with van der Waals surface area (Å²) >= 11 is 0. The van der Waals surface area contributed by atoms with Gasteiger partial charge in [0.05, 0.1) is 6.54 Å². The topological polar surface area (TPSA) is 81.6 Å². The molecule has 72 valence electrons. The van der Waals surface area contributed by atoms with Gasteiger partial charge < -0.3 is 0 Å². The quantitative estimate of drug-likeness (QED) is 0.526. The number of nitrogen functional groups attached to an aromatic ring is 1. The van der Waals surface area contributed by atoms with Crippen molar-refractivity contribution in [2.75, 3.05) is 5.43 Å². The van der Waals surface area contributed by atoms with E-state index in [0.717, 1.165) is 5.56 Å². The fraction of sp³-hybridized carbons (Fsp3) is 0.125. The van der Waals surface area contributed by atoms with Crippen LogP contribution in [0.25, 0.3) is 0 Å². The average Bonchev–Trinajstić information content (AvgIpc) is 2.67. The largest absolute Gasteiger partial charge is 0.290 e. The number of rotatable bonds is 3. The Morgan fingerprint density at radius 3 is 2.71 bits per heavy atom. The van der Waals surface area contributed by atoms with Crippen molar-refractivity contribution in [1.29, 1.82) is 0 Å². The normalized spacial score (nSPS) is 10.1. The van der Waals surface area contributed by atoms with E-state index in [4.69, 9.17) is 5.84 Å². The van der Waals surface area contributed by atoms with Crippen LogP contribution in [0.4, 0.5) is 5.95 Å². The summed E-state index contributed by atoms with van der Waals surface area (Å²) in [4.78, 5) is 1.48. The van der Waals surface area contributed by atoms with Crippen LogP contribution in [0.2, 0.25) is 0 Å². The van der Waals surface area contributed by atoms with E-state index >= 15 is 0 Å². The Morgan fingerprint density at radius 1 is 1.29 bits per heavy atom. The first kappa shape index (κ1) is 8.64. The molecule has 0 saturated carbocycles. The molecule has 0 saturated heterocycles. The van der Waals surface area contributed by atoms with E-state index in [-0.39, 0.29) is 0 Å². The van der Waals surface area contributed by atoms with Gasteiger partial charge in [-0.05, 0) is 10.8 Å². The molecule has 14 heavy (non-hydrogen) atoms. The molecule has 1 heterocycles. The minimum atomic E-state index is 0.320. The molecular weight excluding hydrogens is 180 g/mol. The second-order valence-electron chi connectivity index (χ2n) is 2.77. The third-order valence-electron chi connectivity index (χ3n) is 1.75. The number of nitrogens with two attached hydrogens (primary N) is 1. The van der Waals surface area contributed by atoms with Crippen LogP contribution in [0, 0.1) is 0 Å². The van der Waals surface area contributed by atoms with Gasteiger partial charge in [0.25, 0.3) is 5.95 Å². The van der Waals surface area contributed by atoms with E-state index in [1.807, 2.05) is 30.3 Å². The van der Waals surface area contributed by atoms with E-state index in [1.54, 1.807) is 0 Å². The van der Waals surface area contributed by atoms with Crippen molar-refractivity contribution in [3.63, 3.8) is 0 Å².